The van der Waals surface area contributed by atoms with Crippen molar-refractivity contribution in [2.75, 3.05) is 13.7 Å². The zero-order valence-corrected chi connectivity index (χ0v) is 11.3. The van der Waals surface area contributed by atoms with Crippen molar-refractivity contribution >= 4 is 17.6 Å². The average molecular weight is 294 g/mol. The van der Waals surface area contributed by atoms with Crippen LogP contribution in [0.25, 0.3) is 0 Å². The molecule has 0 atom stereocenters. The number of esters is 1. The quantitative estimate of drug-likeness (QED) is 0.477. The highest BCUT2D eigenvalue weighted by Crippen LogP contribution is 2.24. The third kappa shape index (κ3) is 3.91. The second kappa shape index (κ2) is 6.21. The Balaban J connectivity index is 2.03. The number of rotatable bonds is 6. The highest BCUT2D eigenvalue weighted by atomic mass is 16.6. The third-order valence-electron chi connectivity index (χ3n) is 2.89. The average Bonchev–Trinajstić information content (AvgIpc) is 3.27. The maximum Gasteiger partial charge on any atom is 0.342 e. The van der Waals surface area contributed by atoms with Crippen LogP contribution in [0.15, 0.2) is 18.2 Å². The van der Waals surface area contributed by atoms with E-state index in [2.05, 4.69) is 5.32 Å². The first-order valence-electron chi connectivity index (χ1n) is 6.30. The zero-order chi connectivity index (χ0) is 15.4. The Morgan fingerprint density at radius 3 is 2.71 bits per heavy atom. The largest absolute Gasteiger partial charge is 0.496 e. The number of methoxy groups -OCH3 is 1. The number of ether oxygens (including phenoxy) is 2. The molecule has 0 aliphatic heterocycles. The summed E-state index contributed by atoms with van der Waals surface area (Å²) in [6.45, 7) is -0.429. The molecule has 8 nitrogen and oxygen atoms in total. The van der Waals surface area contributed by atoms with Gasteiger partial charge in [-0.3, -0.25) is 14.9 Å². The van der Waals surface area contributed by atoms with Gasteiger partial charge >= 0.3 is 5.97 Å². The van der Waals surface area contributed by atoms with Crippen molar-refractivity contribution < 1.29 is 24.0 Å². The fraction of sp³-hybridized carbons (Fsp3) is 0.385. The summed E-state index contributed by atoms with van der Waals surface area (Å²) in [7, 11) is 1.33. The van der Waals surface area contributed by atoms with Gasteiger partial charge in [0.1, 0.15) is 11.3 Å². The van der Waals surface area contributed by atoms with Crippen LogP contribution >= 0.6 is 0 Å². The zero-order valence-electron chi connectivity index (χ0n) is 11.3. The van der Waals surface area contributed by atoms with Crippen molar-refractivity contribution in [3.8, 4) is 5.75 Å². The molecule has 1 aromatic carbocycles. The van der Waals surface area contributed by atoms with Gasteiger partial charge in [-0.15, -0.1) is 0 Å². The van der Waals surface area contributed by atoms with E-state index in [-0.39, 0.29) is 23.0 Å². The van der Waals surface area contributed by atoms with Crippen LogP contribution in [-0.2, 0) is 9.53 Å². The van der Waals surface area contributed by atoms with Crippen molar-refractivity contribution in [2.24, 2.45) is 0 Å². The number of nitrogens with one attached hydrogen (secondary N) is 1. The lowest BCUT2D eigenvalue weighted by Gasteiger charge is -2.08. The number of nitro benzene ring substituents is 1. The van der Waals surface area contributed by atoms with Crippen molar-refractivity contribution in [3.63, 3.8) is 0 Å². The molecule has 0 bridgehead atoms. The highest BCUT2D eigenvalue weighted by molar-refractivity contribution is 5.94. The second-order valence-corrected chi connectivity index (χ2v) is 4.56. The lowest BCUT2D eigenvalue weighted by Crippen LogP contribution is -2.30. The van der Waals surface area contributed by atoms with E-state index in [1.807, 2.05) is 0 Å². The summed E-state index contributed by atoms with van der Waals surface area (Å²) in [4.78, 5) is 33.4. The highest BCUT2D eigenvalue weighted by Gasteiger charge is 2.24. The normalized spacial score (nSPS) is 13.4. The van der Waals surface area contributed by atoms with Gasteiger partial charge in [-0.05, 0) is 18.9 Å². The first kappa shape index (κ1) is 14.8. The van der Waals surface area contributed by atoms with E-state index in [0.29, 0.717) is 0 Å². The molecule has 0 heterocycles. The van der Waals surface area contributed by atoms with Gasteiger partial charge in [0.15, 0.2) is 6.61 Å². The number of non-ortho nitro benzene ring substituents is 1. The van der Waals surface area contributed by atoms with E-state index in [9.17, 15) is 19.7 Å². The van der Waals surface area contributed by atoms with Gasteiger partial charge in [0.2, 0.25) is 0 Å². The molecule has 1 saturated carbocycles. The van der Waals surface area contributed by atoms with E-state index < -0.39 is 23.4 Å². The van der Waals surface area contributed by atoms with Gasteiger partial charge < -0.3 is 14.8 Å². The molecule has 2 rings (SSSR count). The van der Waals surface area contributed by atoms with Crippen molar-refractivity contribution in [1.29, 1.82) is 0 Å². The maximum atomic E-state index is 11.9. The summed E-state index contributed by atoms with van der Waals surface area (Å²) in [5.74, 6) is -1.09. The summed E-state index contributed by atoms with van der Waals surface area (Å²) < 4.78 is 9.80. The van der Waals surface area contributed by atoms with E-state index in [1.165, 1.54) is 19.2 Å². The van der Waals surface area contributed by atoms with Crippen LogP contribution in [0.1, 0.15) is 23.2 Å². The number of carbonyl (C=O) groups is 2. The number of nitrogens with zero attached hydrogens (tertiary/aromatic N) is 1. The van der Waals surface area contributed by atoms with E-state index in [4.69, 9.17) is 9.47 Å². The van der Waals surface area contributed by atoms with Crippen molar-refractivity contribution in [3.05, 3.63) is 33.9 Å². The topological polar surface area (TPSA) is 108 Å². The van der Waals surface area contributed by atoms with Gasteiger partial charge in [-0.1, -0.05) is 0 Å². The van der Waals surface area contributed by atoms with Crippen LogP contribution in [0.5, 0.6) is 5.75 Å². The van der Waals surface area contributed by atoms with Crippen LogP contribution in [0, 0.1) is 10.1 Å². The molecular formula is C13H14N2O6. The second-order valence-electron chi connectivity index (χ2n) is 4.56. The van der Waals surface area contributed by atoms with Crippen molar-refractivity contribution in [2.45, 2.75) is 18.9 Å². The smallest absolute Gasteiger partial charge is 0.342 e. The summed E-state index contributed by atoms with van der Waals surface area (Å²) in [6.07, 6.45) is 1.86. The van der Waals surface area contributed by atoms with Gasteiger partial charge in [0.25, 0.3) is 11.6 Å². The van der Waals surface area contributed by atoms with E-state index in [1.54, 1.807) is 0 Å². The molecule has 1 aromatic rings. The van der Waals surface area contributed by atoms with E-state index in [0.717, 1.165) is 18.9 Å². The standard InChI is InChI=1S/C13H14N2O6/c1-20-11-5-4-9(15(18)19)6-10(11)13(17)21-7-12(16)14-8-2-3-8/h4-6,8H,2-3,7H2,1H3,(H,14,16). The molecule has 1 aliphatic carbocycles. The molecule has 1 aliphatic rings. The fourth-order valence-corrected chi connectivity index (χ4v) is 1.67. The molecule has 0 saturated heterocycles. The predicted octanol–water partition coefficient (Wildman–Crippen LogP) is 1.04. The van der Waals surface area contributed by atoms with E-state index >= 15 is 0 Å². The number of carbonyl (C=O) groups excluding carboxylic acids is 2. The summed E-state index contributed by atoms with van der Waals surface area (Å²) >= 11 is 0. The SMILES string of the molecule is COc1ccc([N+](=O)[O-])cc1C(=O)OCC(=O)NC1CC1. The molecule has 0 aromatic heterocycles. The number of benzene rings is 1. The Morgan fingerprint density at radius 2 is 2.14 bits per heavy atom. The Morgan fingerprint density at radius 1 is 1.43 bits per heavy atom. The molecule has 8 heteroatoms. The predicted molar refractivity (Wildman–Crippen MR) is 71.1 cm³/mol. The number of amides is 1. The molecule has 21 heavy (non-hydrogen) atoms. The summed E-state index contributed by atoms with van der Waals surface area (Å²) in [5, 5.41) is 13.4. The fourth-order valence-electron chi connectivity index (χ4n) is 1.67. The summed E-state index contributed by atoms with van der Waals surface area (Å²) in [6, 6.07) is 3.75. The molecule has 0 radical (unpaired) electrons. The summed E-state index contributed by atoms with van der Waals surface area (Å²) in [5.41, 5.74) is -0.351. The molecular weight excluding hydrogens is 280 g/mol. The van der Waals surface area contributed by atoms with Crippen molar-refractivity contribution in [1.82, 2.24) is 5.32 Å². The molecule has 1 fully saturated rings. The first-order chi connectivity index (χ1) is 10.0. The minimum absolute atomic E-state index is 0.0917. The molecule has 0 spiro atoms. The lowest BCUT2D eigenvalue weighted by atomic mass is 10.2. The maximum absolute atomic E-state index is 11.9. The number of nitro groups is 1. The number of hydrogen-bond donors (Lipinski definition) is 1. The molecule has 1 amide bonds. The first-order valence-corrected chi connectivity index (χ1v) is 6.30. The monoisotopic (exact) mass is 294 g/mol. The van der Waals surface area contributed by atoms with Gasteiger partial charge in [0.05, 0.1) is 12.0 Å². The van der Waals surface area contributed by atoms with Gasteiger partial charge in [-0.2, -0.15) is 0 Å². The van der Waals surface area contributed by atoms with Gasteiger partial charge in [0, 0.05) is 18.2 Å². The third-order valence-corrected chi connectivity index (χ3v) is 2.89. The minimum Gasteiger partial charge on any atom is -0.496 e. The lowest BCUT2D eigenvalue weighted by molar-refractivity contribution is -0.384. The molecule has 1 N–H and O–H groups in total. The number of hydrogen-bond acceptors (Lipinski definition) is 6. The Kier molecular flexibility index (Phi) is 4.36. The van der Waals surface area contributed by atoms with Crippen LogP contribution in [-0.4, -0.2) is 36.6 Å². The Labute approximate surface area is 120 Å². The molecule has 0 unspecified atom stereocenters. The molecule has 112 valence electrons. The van der Waals surface area contributed by atoms with Crippen LogP contribution in [0.4, 0.5) is 5.69 Å². The van der Waals surface area contributed by atoms with Crippen LogP contribution < -0.4 is 10.1 Å². The minimum atomic E-state index is -0.846. The Hall–Kier alpha value is -2.64. The van der Waals surface area contributed by atoms with Crippen LogP contribution in [0.3, 0.4) is 0 Å². The van der Waals surface area contributed by atoms with Gasteiger partial charge in [-0.25, -0.2) is 4.79 Å². The van der Waals surface area contributed by atoms with Crippen LogP contribution in [0.2, 0.25) is 0 Å². The Bertz CT molecular complexity index is 582.